The van der Waals surface area contributed by atoms with Gasteiger partial charge in [0.1, 0.15) is 0 Å². The molecule has 5 heteroatoms. The standard InChI is InChI=1S/C11H16N2O2S/c1-7-8(9(14)15)12-10(16-7)13-11(2)5-3-4-6-11/h3-6H2,1-2H3,(H,12,13)(H,14,15). The number of anilines is 1. The fourth-order valence-corrected chi connectivity index (χ4v) is 3.14. The van der Waals surface area contributed by atoms with Gasteiger partial charge < -0.3 is 10.4 Å². The molecule has 2 rings (SSSR count). The second-order valence-electron chi connectivity index (χ2n) is 4.62. The Morgan fingerprint density at radius 1 is 1.50 bits per heavy atom. The van der Waals surface area contributed by atoms with Crippen molar-refractivity contribution in [3.05, 3.63) is 10.6 Å². The topological polar surface area (TPSA) is 62.2 Å². The van der Waals surface area contributed by atoms with E-state index in [4.69, 9.17) is 5.11 Å². The Hall–Kier alpha value is -1.10. The third-order valence-electron chi connectivity index (χ3n) is 3.11. The molecule has 1 aromatic heterocycles. The number of carboxylic acids is 1. The molecule has 16 heavy (non-hydrogen) atoms. The first-order chi connectivity index (χ1) is 7.50. The molecule has 0 unspecified atom stereocenters. The molecule has 0 atom stereocenters. The Labute approximate surface area is 98.7 Å². The summed E-state index contributed by atoms with van der Waals surface area (Å²) in [7, 11) is 0. The predicted molar refractivity (Wildman–Crippen MR) is 64.3 cm³/mol. The number of rotatable bonds is 3. The van der Waals surface area contributed by atoms with Crippen LogP contribution in [0.15, 0.2) is 0 Å². The summed E-state index contributed by atoms with van der Waals surface area (Å²) in [4.78, 5) is 15.8. The zero-order chi connectivity index (χ0) is 11.8. The predicted octanol–water partition coefficient (Wildman–Crippen LogP) is 2.89. The lowest BCUT2D eigenvalue weighted by Crippen LogP contribution is -2.30. The van der Waals surface area contributed by atoms with Crippen LogP contribution in [0, 0.1) is 6.92 Å². The van der Waals surface area contributed by atoms with E-state index in [0.717, 1.165) is 22.9 Å². The number of hydrogen-bond acceptors (Lipinski definition) is 4. The van der Waals surface area contributed by atoms with Crippen molar-refractivity contribution in [2.75, 3.05) is 5.32 Å². The first kappa shape index (κ1) is 11.4. The number of aromatic carboxylic acids is 1. The van der Waals surface area contributed by atoms with Gasteiger partial charge >= 0.3 is 5.97 Å². The van der Waals surface area contributed by atoms with Crippen LogP contribution in [-0.4, -0.2) is 21.6 Å². The van der Waals surface area contributed by atoms with Crippen molar-refractivity contribution in [3.8, 4) is 0 Å². The van der Waals surface area contributed by atoms with Gasteiger partial charge in [0.25, 0.3) is 0 Å². The molecule has 0 amide bonds. The Morgan fingerprint density at radius 3 is 2.62 bits per heavy atom. The van der Waals surface area contributed by atoms with E-state index in [0.29, 0.717) is 0 Å². The van der Waals surface area contributed by atoms with Crippen molar-refractivity contribution in [2.24, 2.45) is 0 Å². The SMILES string of the molecule is Cc1sc(NC2(C)CCCC2)nc1C(=O)O. The summed E-state index contributed by atoms with van der Waals surface area (Å²) >= 11 is 1.43. The molecule has 0 spiro atoms. The van der Waals surface area contributed by atoms with Crippen LogP contribution >= 0.6 is 11.3 Å². The molecule has 1 fully saturated rings. The highest BCUT2D eigenvalue weighted by Gasteiger charge is 2.29. The molecule has 1 aromatic rings. The lowest BCUT2D eigenvalue weighted by atomic mass is 10.0. The minimum absolute atomic E-state index is 0.0973. The minimum atomic E-state index is -0.946. The molecule has 0 radical (unpaired) electrons. The van der Waals surface area contributed by atoms with Crippen molar-refractivity contribution in [1.82, 2.24) is 4.98 Å². The summed E-state index contributed by atoms with van der Waals surface area (Å²) < 4.78 is 0. The molecular formula is C11H16N2O2S. The zero-order valence-electron chi connectivity index (χ0n) is 9.54. The normalized spacial score (nSPS) is 18.6. The van der Waals surface area contributed by atoms with Crippen molar-refractivity contribution in [1.29, 1.82) is 0 Å². The van der Waals surface area contributed by atoms with Gasteiger partial charge in [0, 0.05) is 10.4 Å². The number of thiazole rings is 1. The molecule has 1 saturated carbocycles. The molecule has 4 nitrogen and oxygen atoms in total. The molecule has 0 aliphatic heterocycles. The van der Waals surface area contributed by atoms with Crippen molar-refractivity contribution >= 4 is 22.4 Å². The molecule has 0 saturated heterocycles. The number of carboxylic acid groups (broad SMARTS) is 1. The maximum Gasteiger partial charge on any atom is 0.355 e. The van der Waals surface area contributed by atoms with Crippen LogP contribution in [0.3, 0.4) is 0 Å². The van der Waals surface area contributed by atoms with Crippen LogP contribution in [0.4, 0.5) is 5.13 Å². The highest BCUT2D eigenvalue weighted by atomic mass is 32.1. The largest absolute Gasteiger partial charge is 0.476 e. The minimum Gasteiger partial charge on any atom is -0.476 e. The Bertz CT molecular complexity index is 408. The molecule has 1 aliphatic rings. The van der Waals surface area contributed by atoms with Crippen LogP contribution in [-0.2, 0) is 0 Å². The van der Waals surface area contributed by atoms with E-state index in [-0.39, 0.29) is 11.2 Å². The van der Waals surface area contributed by atoms with Gasteiger partial charge in [-0.25, -0.2) is 9.78 Å². The van der Waals surface area contributed by atoms with Crippen molar-refractivity contribution in [3.63, 3.8) is 0 Å². The third kappa shape index (κ3) is 2.19. The van der Waals surface area contributed by atoms with Crippen molar-refractivity contribution < 1.29 is 9.90 Å². The summed E-state index contributed by atoms with van der Waals surface area (Å²) in [5.74, 6) is -0.946. The molecule has 1 aliphatic carbocycles. The first-order valence-corrected chi connectivity index (χ1v) is 6.31. The van der Waals surface area contributed by atoms with Gasteiger partial charge in [-0.3, -0.25) is 0 Å². The summed E-state index contributed by atoms with van der Waals surface area (Å²) in [5, 5.41) is 13.0. The van der Waals surface area contributed by atoms with Gasteiger partial charge in [-0.15, -0.1) is 11.3 Å². The number of nitrogens with zero attached hydrogens (tertiary/aromatic N) is 1. The second-order valence-corrected chi connectivity index (χ2v) is 5.82. The Balaban J connectivity index is 2.16. The smallest absolute Gasteiger partial charge is 0.355 e. The van der Waals surface area contributed by atoms with Crippen LogP contribution in [0.5, 0.6) is 0 Å². The van der Waals surface area contributed by atoms with E-state index in [1.165, 1.54) is 24.2 Å². The van der Waals surface area contributed by atoms with Crippen LogP contribution < -0.4 is 5.32 Å². The summed E-state index contributed by atoms with van der Waals surface area (Å²) in [6.45, 7) is 3.97. The zero-order valence-corrected chi connectivity index (χ0v) is 10.4. The second kappa shape index (κ2) is 4.05. The Morgan fingerprint density at radius 2 is 2.12 bits per heavy atom. The molecular weight excluding hydrogens is 224 g/mol. The lowest BCUT2D eigenvalue weighted by Gasteiger charge is -2.24. The molecule has 2 N–H and O–H groups in total. The van der Waals surface area contributed by atoms with Gasteiger partial charge in [0.2, 0.25) is 0 Å². The molecule has 88 valence electrons. The third-order valence-corrected chi connectivity index (χ3v) is 4.00. The highest BCUT2D eigenvalue weighted by Crippen LogP contribution is 2.34. The first-order valence-electron chi connectivity index (χ1n) is 5.49. The lowest BCUT2D eigenvalue weighted by molar-refractivity contribution is 0.0690. The summed E-state index contributed by atoms with van der Waals surface area (Å²) in [6, 6.07) is 0. The van der Waals surface area contributed by atoms with Crippen LogP contribution in [0.25, 0.3) is 0 Å². The molecule has 0 aromatic carbocycles. The quantitative estimate of drug-likeness (QED) is 0.852. The summed E-state index contributed by atoms with van der Waals surface area (Å²) in [6.07, 6.45) is 4.74. The molecule has 0 bridgehead atoms. The number of aryl methyl sites for hydroxylation is 1. The van der Waals surface area contributed by atoms with Gasteiger partial charge in [0.05, 0.1) is 0 Å². The molecule has 1 heterocycles. The van der Waals surface area contributed by atoms with Gasteiger partial charge in [-0.05, 0) is 26.7 Å². The monoisotopic (exact) mass is 240 g/mol. The highest BCUT2D eigenvalue weighted by molar-refractivity contribution is 7.15. The van der Waals surface area contributed by atoms with E-state index in [2.05, 4.69) is 17.2 Å². The maximum atomic E-state index is 10.9. The Kier molecular flexibility index (Phi) is 2.88. The average molecular weight is 240 g/mol. The van der Waals surface area contributed by atoms with Gasteiger partial charge in [-0.2, -0.15) is 0 Å². The van der Waals surface area contributed by atoms with Crippen molar-refractivity contribution in [2.45, 2.75) is 45.1 Å². The van der Waals surface area contributed by atoms with Gasteiger partial charge in [-0.1, -0.05) is 12.8 Å². The van der Waals surface area contributed by atoms with E-state index >= 15 is 0 Å². The van der Waals surface area contributed by atoms with Crippen LogP contribution in [0.2, 0.25) is 0 Å². The number of hydrogen-bond donors (Lipinski definition) is 2. The summed E-state index contributed by atoms with van der Waals surface area (Å²) in [5.41, 5.74) is 0.272. The number of carbonyl (C=O) groups is 1. The van der Waals surface area contributed by atoms with Gasteiger partial charge in [0.15, 0.2) is 10.8 Å². The van der Waals surface area contributed by atoms with E-state index in [9.17, 15) is 4.79 Å². The van der Waals surface area contributed by atoms with Crippen LogP contribution in [0.1, 0.15) is 48.0 Å². The maximum absolute atomic E-state index is 10.9. The number of nitrogens with one attached hydrogen (secondary N) is 1. The average Bonchev–Trinajstić information content (AvgIpc) is 2.73. The van der Waals surface area contributed by atoms with E-state index in [1.54, 1.807) is 6.92 Å². The van der Waals surface area contributed by atoms with E-state index < -0.39 is 5.97 Å². The number of aromatic nitrogens is 1. The fraction of sp³-hybridized carbons (Fsp3) is 0.636. The van der Waals surface area contributed by atoms with E-state index in [1.807, 2.05) is 0 Å². The fourth-order valence-electron chi connectivity index (χ4n) is 2.19.